The Kier molecular flexibility index (Phi) is 7.69. The molecule has 0 radical (unpaired) electrons. The Morgan fingerprint density at radius 2 is 2.07 bits per heavy atom. The van der Waals surface area contributed by atoms with Gasteiger partial charge in [0.25, 0.3) is 0 Å². The summed E-state index contributed by atoms with van der Waals surface area (Å²) in [7, 11) is 3.53. The van der Waals surface area contributed by atoms with Crippen molar-refractivity contribution in [3.8, 4) is 11.5 Å². The first-order valence-electron chi connectivity index (χ1n) is 10.3. The average molecular weight is 522 g/mol. The van der Waals surface area contributed by atoms with Crippen molar-refractivity contribution in [3.63, 3.8) is 0 Å². The van der Waals surface area contributed by atoms with Crippen molar-refractivity contribution < 1.29 is 9.47 Å². The molecule has 0 amide bonds. The van der Waals surface area contributed by atoms with Crippen LogP contribution in [0.2, 0.25) is 0 Å². The van der Waals surface area contributed by atoms with Crippen LogP contribution in [-0.4, -0.2) is 45.4 Å². The number of ether oxygens (including phenoxy) is 2. The van der Waals surface area contributed by atoms with Gasteiger partial charge in [0.1, 0.15) is 17.6 Å². The van der Waals surface area contributed by atoms with Crippen molar-refractivity contribution in [1.29, 1.82) is 0 Å². The van der Waals surface area contributed by atoms with Crippen molar-refractivity contribution in [2.24, 2.45) is 4.99 Å². The molecule has 0 saturated carbocycles. The Morgan fingerprint density at radius 3 is 2.80 bits per heavy atom. The third kappa shape index (κ3) is 5.11. The second-order valence-corrected chi connectivity index (χ2v) is 7.74. The quantitative estimate of drug-likeness (QED) is 0.357. The highest BCUT2D eigenvalue weighted by Gasteiger charge is 2.24. The first-order valence-corrected chi connectivity index (χ1v) is 10.3. The molecule has 1 fully saturated rings. The zero-order chi connectivity index (χ0) is 20.2. The van der Waals surface area contributed by atoms with E-state index in [2.05, 4.69) is 69.9 Å². The summed E-state index contributed by atoms with van der Waals surface area (Å²) in [4.78, 5) is 6.82. The first-order chi connectivity index (χ1) is 14.2. The van der Waals surface area contributed by atoms with Crippen molar-refractivity contribution in [3.05, 3.63) is 53.6 Å². The van der Waals surface area contributed by atoms with Gasteiger partial charge in [-0.15, -0.1) is 24.0 Å². The molecular weight excluding hydrogens is 491 g/mol. The summed E-state index contributed by atoms with van der Waals surface area (Å²) in [6, 6.07) is 15.1. The molecule has 2 aromatic carbocycles. The standard InChI is InChI=1S/C23H30N4O2.HI/c1-16-11-17-12-21(28-3)18(13-22(17)29-16)14-25-23(24-2)26-19-9-10-27(15-19)20-7-5-4-6-8-20;/h4-8,12-13,16,19H,9-11,14-15H2,1-3H3,(H2,24,25,26);1H. The first kappa shape index (κ1) is 22.5. The molecule has 6 nitrogen and oxygen atoms in total. The Morgan fingerprint density at radius 1 is 1.27 bits per heavy atom. The minimum absolute atomic E-state index is 0. The van der Waals surface area contributed by atoms with Gasteiger partial charge in [-0.05, 0) is 37.6 Å². The lowest BCUT2D eigenvalue weighted by Gasteiger charge is -2.20. The number of rotatable bonds is 5. The highest BCUT2D eigenvalue weighted by molar-refractivity contribution is 14.0. The largest absolute Gasteiger partial charge is 0.496 e. The fraction of sp³-hybridized carbons (Fsp3) is 0.435. The summed E-state index contributed by atoms with van der Waals surface area (Å²) in [6.07, 6.45) is 2.24. The van der Waals surface area contributed by atoms with E-state index in [-0.39, 0.29) is 30.1 Å². The van der Waals surface area contributed by atoms with Crippen LogP contribution >= 0.6 is 24.0 Å². The lowest BCUT2D eigenvalue weighted by atomic mass is 10.1. The molecule has 0 bridgehead atoms. The molecule has 2 atom stereocenters. The van der Waals surface area contributed by atoms with Gasteiger partial charge in [0.05, 0.1) is 7.11 Å². The molecule has 30 heavy (non-hydrogen) atoms. The van der Waals surface area contributed by atoms with E-state index < -0.39 is 0 Å². The lowest BCUT2D eigenvalue weighted by molar-refractivity contribution is 0.254. The van der Waals surface area contributed by atoms with Crippen molar-refractivity contribution in [2.75, 3.05) is 32.1 Å². The molecular formula is C23H31IN4O2. The number of para-hydroxylation sites is 1. The van der Waals surface area contributed by atoms with Crippen LogP contribution in [0, 0.1) is 0 Å². The molecule has 2 unspecified atom stereocenters. The van der Waals surface area contributed by atoms with Crippen LogP contribution in [0.4, 0.5) is 5.69 Å². The number of nitrogens with one attached hydrogen (secondary N) is 2. The Balaban J connectivity index is 0.00000256. The molecule has 2 aliphatic heterocycles. The van der Waals surface area contributed by atoms with Crippen LogP contribution in [-0.2, 0) is 13.0 Å². The molecule has 162 valence electrons. The van der Waals surface area contributed by atoms with Crippen LogP contribution in [0.5, 0.6) is 11.5 Å². The second-order valence-electron chi connectivity index (χ2n) is 7.74. The van der Waals surface area contributed by atoms with Crippen LogP contribution in [0.1, 0.15) is 24.5 Å². The fourth-order valence-electron chi connectivity index (χ4n) is 4.13. The molecule has 0 aromatic heterocycles. The summed E-state index contributed by atoms with van der Waals surface area (Å²) in [5, 5.41) is 6.99. The van der Waals surface area contributed by atoms with E-state index >= 15 is 0 Å². The predicted molar refractivity (Wildman–Crippen MR) is 133 cm³/mol. The molecule has 0 aliphatic carbocycles. The highest BCUT2D eigenvalue weighted by Crippen LogP contribution is 2.34. The minimum Gasteiger partial charge on any atom is -0.496 e. The van der Waals surface area contributed by atoms with E-state index in [1.54, 1.807) is 7.11 Å². The third-order valence-electron chi connectivity index (χ3n) is 5.62. The number of hydrogen-bond donors (Lipinski definition) is 2. The number of benzene rings is 2. The molecule has 2 heterocycles. The van der Waals surface area contributed by atoms with Gasteiger partial charge < -0.3 is 25.0 Å². The van der Waals surface area contributed by atoms with Gasteiger partial charge in [-0.2, -0.15) is 0 Å². The van der Waals surface area contributed by atoms with Gasteiger partial charge in [0.2, 0.25) is 0 Å². The van der Waals surface area contributed by atoms with Gasteiger partial charge >= 0.3 is 0 Å². The number of aliphatic imine (C=N–C) groups is 1. The maximum Gasteiger partial charge on any atom is 0.191 e. The van der Waals surface area contributed by atoms with E-state index in [1.165, 1.54) is 11.3 Å². The fourth-order valence-corrected chi connectivity index (χ4v) is 4.13. The van der Waals surface area contributed by atoms with E-state index in [4.69, 9.17) is 9.47 Å². The summed E-state index contributed by atoms with van der Waals surface area (Å²) in [5.41, 5.74) is 3.56. The lowest BCUT2D eigenvalue weighted by Crippen LogP contribution is -2.44. The number of nitrogens with zero attached hydrogens (tertiary/aromatic N) is 2. The summed E-state index contributed by atoms with van der Waals surface area (Å²) in [5.74, 6) is 2.66. The minimum atomic E-state index is 0. The zero-order valence-corrected chi connectivity index (χ0v) is 20.2. The molecule has 2 aromatic rings. The number of halogens is 1. The average Bonchev–Trinajstić information content (AvgIpc) is 3.36. The van der Waals surface area contributed by atoms with Gasteiger partial charge in [0, 0.05) is 56.0 Å². The number of fused-ring (bicyclic) bond motifs is 1. The summed E-state index contributed by atoms with van der Waals surface area (Å²) >= 11 is 0. The number of methoxy groups -OCH3 is 1. The van der Waals surface area contributed by atoms with E-state index in [1.807, 2.05) is 7.05 Å². The number of guanidine groups is 1. The van der Waals surface area contributed by atoms with E-state index in [0.29, 0.717) is 12.6 Å². The number of hydrogen-bond acceptors (Lipinski definition) is 4. The van der Waals surface area contributed by atoms with Crippen LogP contribution in [0.3, 0.4) is 0 Å². The molecule has 4 rings (SSSR count). The van der Waals surface area contributed by atoms with Gasteiger partial charge in [-0.25, -0.2) is 0 Å². The zero-order valence-electron chi connectivity index (χ0n) is 17.9. The summed E-state index contributed by atoms with van der Waals surface area (Å²) in [6.45, 7) is 4.74. The Hall–Kier alpha value is -2.16. The molecule has 0 spiro atoms. The van der Waals surface area contributed by atoms with E-state index in [0.717, 1.165) is 49.0 Å². The predicted octanol–water partition coefficient (Wildman–Crippen LogP) is 3.58. The van der Waals surface area contributed by atoms with Crippen LogP contribution < -0.4 is 25.0 Å². The van der Waals surface area contributed by atoms with Crippen LogP contribution in [0.15, 0.2) is 47.5 Å². The van der Waals surface area contributed by atoms with Gasteiger partial charge in [-0.3, -0.25) is 4.99 Å². The molecule has 1 saturated heterocycles. The molecule has 2 N–H and O–H groups in total. The smallest absolute Gasteiger partial charge is 0.191 e. The Labute approximate surface area is 196 Å². The normalized spacial score (nSPS) is 20.2. The van der Waals surface area contributed by atoms with Gasteiger partial charge in [0.15, 0.2) is 5.96 Å². The maximum absolute atomic E-state index is 5.91. The summed E-state index contributed by atoms with van der Waals surface area (Å²) < 4.78 is 11.5. The van der Waals surface area contributed by atoms with Crippen molar-refractivity contribution >= 4 is 35.6 Å². The number of anilines is 1. The SMILES string of the molecule is CN=C(NCc1cc2c(cc1OC)CC(C)O2)NC1CCN(c2ccccc2)C1.I. The van der Waals surface area contributed by atoms with Crippen molar-refractivity contribution in [1.82, 2.24) is 10.6 Å². The van der Waals surface area contributed by atoms with Crippen molar-refractivity contribution in [2.45, 2.75) is 38.5 Å². The third-order valence-corrected chi connectivity index (χ3v) is 5.62. The topological polar surface area (TPSA) is 58.1 Å². The Bertz CT molecular complexity index is 875. The monoisotopic (exact) mass is 522 g/mol. The highest BCUT2D eigenvalue weighted by atomic mass is 127. The maximum atomic E-state index is 5.91. The van der Waals surface area contributed by atoms with E-state index in [9.17, 15) is 0 Å². The van der Waals surface area contributed by atoms with Crippen LogP contribution in [0.25, 0.3) is 0 Å². The second kappa shape index (κ2) is 10.2. The molecule has 2 aliphatic rings. The van der Waals surface area contributed by atoms with Gasteiger partial charge in [-0.1, -0.05) is 18.2 Å². The molecule has 7 heteroatoms.